The van der Waals surface area contributed by atoms with E-state index < -0.39 is 0 Å². The molecule has 25 heavy (non-hydrogen) atoms. The van der Waals surface area contributed by atoms with Crippen molar-refractivity contribution in [1.29, 1.82) is 0 Å². The van der Waals surface area contributed by atoms with Gasteiger partial charge in [0.2, 0.25) is 5.95 Å². The van der Waals surface area contributed by atoms with Crippen LogP contribution in [0.1, 0.15) is 74.2 Å². The van der Waals surface area contributed by atoms with E-state index in [-0.39, 0.29) is 0 Å². The summed E-state index contributed by atoms with van der Waals surface area (Å²) in [6.45, 7) is 5.48. The van der Waals surface area contributed by atoms with Crippen LogP contribution in [0.2, 0.25) is 0 Å². The van der Waals surface area contributed by atoms with Crippen molar-refractivity contribution in [2.45, 2.75) is 63.5 Å². The van der Waals surface area contributed by atoms with Gasteiger partial charge in [-0.15, -0.1) is 0 Å². The fourth-order valence-electron chi connectivity index (χ4n) is 4.37. The highest BCUT2D eigenvalue weighted by Gasteiger charge is 2.43. The van der Waals surface area contributed by atoms with Crippen LogP contribution in [0.4, 0.5) is 11.8 Å². The Hall–Kier alpha value is -2.10. The van der Waals surface area contributed by atoms with Crippen molar-refractivity contribution in [1.82, 2.24) is 9.97 Å². The highest BCUT2D eigenvalue weighted by atomic mass is 15.3. The Balaban J connectivity index is 1.50. The maximum absolute atomic E-state index is 4.91. The third-order valence-electron chi connectivity index (χ3n) is 6.11. The summed E-state index contributed by atoms with van der Waals surface area (Å²) >= 11 is 0. The Labute approximate surface area is 149 Å². The lowest BCUT2D eigenvalue weighted by molar-refractivity contribution is 0.719. The molecule has 4 nitrogen and oxygen atoms in total. The summed E-state index contributed by atoms with van der Waals surface area (Å²) < 4.78 is 0. The predicted molar refractivity (Wildman–Crippen MR) is 101 cm³/mol. The molecule has 2 fully saturated rings. The second-order valence-corrected chi connectivity index (χ2v) is 7.93. The van der Waals surface area contributed by atoms with Crippen LogP contribution in [0, 0.1) is 0 Å². The second kappa shape index (κ2) is 5.72. The van der Waals surface area contributed by atoms with Crippen molar-refractivity contribution in [3.63, 3.8) is 0 Å². The van der Waals surface area contributed by atoms with E-state index in [1.165, 1.54) is 30.5 Å². The number of fused-ring (bicyclic) bond motifs is 5. The molecule has 1 aromatic heterocycles. The maximum Gasteiger partial charge on any atom is 0.225 e. The van der Waals surface area contributed by atoms with E-state index in [0.717, 1.165) is 24.7 Å². The van der Waals surface area contributed by atoms with E-state index >= 15 is 0 Å². The first-order valence-corrected chi connectivity index (χ1v) is 9.74. The molecular formula is C21H26N4. The lowest BCUT2D eigenvalue weighted by Gasteiger charge is -2.30. The van der Waals surface area contributed by atoms with Crippen LogP contribution in [-0.4, -0.2) is 22.6 Å². The summed E-state index contributed by atoms with van der Waals surface area (Å²) in [6.07, 6.45) is 4.85. The highest BCUT2D eigenvalue weighted by Crippen LogP contribution is 2.51. The molecule has 1 aliphatic heterocycles. The molecule has 0 amide bonds. The van der Waals surface area contributed by atoms with Gasteiger partial charge in [0.1, 0.15) is 5.82 Å². The molecule has 4 heteroatoms. The zero-order chi connectivity index (χ0) is 17.0. The molecule has 2 aromatic rings. The topological polar surface area (TPSA) is 41.1 Å². The van der Waals surface area contributed by atoms with Crippen LogP contribution >= 0.6 is 0 Å². The van der Waals surface area contributed by atoms with Crippen molar-refractivity contribution in [2.24, 2.45) is 0 Å². The molecule has 130 valence electrons. The fraction of sp³-hybridized carbons (Fsp3) is 0.524. The van der Waals surface area contributed by atoms with Crippen LogP contribution < -0.4 is 10.2 Å². The van der Waals surface area contributed by atoms with Gasteiger partial charge in [-0.3, -0.25) is 0 Å². The van der Waals surface area contributed by atoms with Gasteiger partial charge in [0.05, 0.1) is 11.7 Å². The quantitative estimate of drug-likeness (QED) is 0.867. The Morgan fingerprint density at radius 1 is 1.16 bits per heavy atom. The largest absolute Gasteiger partial charge is 0.352 e. The Bertz CT molecular complexity index is 798. The van der Waals surface area contributed by atoms with Gasteiger partial charge in [-0.1, -0.05) is 31.2 Å². The summed E-state index contributed by atoms with van der Waals surface area (Å²) in [4.78, 5) is 12.2. The van der Waals surface area contributed by atoms with E-state index in [4.69, 9.17) is 9.97 Å². The van der Waals surface area contributed by atoms with Crippen molar-refractivity contribution < 1.29 is 0 Å². The van der Waals surface area contributed by atoms with E-state index in [1.54, 1.807) is 5.56 Å². The number of anilines is 2. The number of nitrogens with one attached hydrogen (secondary N) is 1. The standard InChI is InChI=1S/C21H26N4/c1-3-13(2)22-21-23-18(14-8-9-14)11-20(24-21)25-12-15-10-19(25)17-7-5-4-6-16(15)17/h4-7,11,13-15,19H,3,8-10,12H2,1-2H3,(H,22,23,24)/t13-,15-,19+/m1/s1. The molecule has 0 unspecified atom stereocenters. The van der Waals surface area contributed by atoms with Crippen LogP contribution in [0.15, 0.2) is 30.3 Å². The average Bonchev–Trinajstić information content (AvgIpc) is 3.32. The summed E-state index contributed by atoms with van der Waals surface area (Å²) in [6, 6.07) is 12.1. The van der Waals surface area contributed by atoms with Crippen LogP contribution in [0.25, 0.3) is 0 Å². The maximum atomic E-state index is 4.91. The molecule has 2 bridgehead atoms. The third kappa shape index (κ3) is 2.59. The van der Waals surface area contributed by atoms with Gasteiger partial charge in [-0.2, -0.15) is 4.98 Å². The second-order valence-electron chi connectivity index (χ2n) is 7.93. The van der Waals surface area contributed by atoms with Crippen molar-refractivity contribution in [3.05, 3.63) is 47.2 Å². The summed E-state index contributed by atoms with van der Waals surface area (Å²) in [7, 11) is 0. The van der Waals surface area contributed by atoms with Crippen LogP contribution in [-0.2, 0) is 0 Å². The predicted octanol–water partition coefficient (Wildman–Crippen LogP) is 4.61. The SMILES string of the molecule is CC[C@@H](C)Nc1nc(C2CC2)cc(N2C[C@H]3C[C@H]2c2ccccc23)n1. The van der Waals surface area contributed by atoms with E-state index in [9.17, 15) is 0 Å². The van der Waals surface area contributed by atoms with Crippen LogP contribution in [0.3, 0.4) is 0 Å². The first-order chi connectivity index (χ1) is 12.2. The number of hydrogen-bond donors (Lipinski definition) is 1. The molecule has 2 aliphatic carbocycles. The smallest absolute Gasteiger partial charge is 0.225 e. The minimum absolute atomic E-state index is 0.401. The summed E-state index contributed by atoms with van der Waals surface area (Å²) in [5.74, 6) is 3.23. The van der Waals surface area contributed by atoms with Crippen molar-refractivity contribution in [2.75, 3.05) is 16.8 Å². The van der Waals surface area contributed by atoms with Crippen LogP contribution in [0.5, 0.6) is 0 Å². The van der Waals surface area contributed by atoms with E-state index in [2.05, 4.69) is 54.4 Å². The fourth-order valence-corrected chi connectivity index (χ4v) is 4.37. The van der Waals surface area contributed by atoms with E-state index in [0.29, 0.717) is 23.9 Å². The monoisotopic (exact) mass is 334 g/mol. The molecule has 3 atom stereocenters. The van der Waals surface area contributed by atoms with Gasteiger partial charge in [-0.25, -0.2) is 4.98 Å². The number of hydrogen-bond acceptors (Lipinski definition) is 4. The molecule has 2 heterocycles. The normalized spacial score (nSPS) is 25.1. The molecule has 1 saturated carbocycles. The average molecular weight is 334 g/mol. The van der Waals surface area contributed by atoms with Gasteiger partial charge in [0.25, 0.3) is 0 Å². The molecule has 0 radical (unpaired) electrons. The molecular weight excluding hydrogens is 308 g/mol. The van der Waals surface area contributed by atoms with Crippen molar-refractivity contribution in [3.8, 4) is 0 Å². The molecule has 1 saturated heterocycles. The Kier molecular flexibility index (Phi) is 3.47. The van der Waals surface area contributed by atoms with E-state index in [1.807, 2.05) is 0 Å². The zero-order valence-corrected chi connectivity index (χ0v) is 15.1. The summed E-state index contributed by atoms with van der Waals surface area (Å²) in [5.41, 5.74) is 4.28. The molecule has 3 aliphatic rings. The van der Waals surface area contributed by atoms with Gasteiger partial charge in [0.15, 0.2) is 0 Å². The molecule has 1 aromatic carbocycles. The Morgan fingerprint density at radius 2 is 1.96 bits per heavy atom. The minimum Gasteiger partial charge on any atom is -0.352 e. The Morgan fingerprint density at radius 3 is 2.72 bits per heavy atom. The third-order valence-corrected chi connectivity index (χ3v) is 6.11. The first-order valence-electron chi connectivity index (χ1n) is 9.74. The molecule has 1 N–H and O–H groups in total. The summed E-state index contributed by atoms with van der Waals surface area (Å²) in [5, 5.41) is 3.49. The van der Waals surface area contributed by atoms with Gasteiger partial charge < -0.3 is 10.2 Å². The number of aromatic nitrogens is 2. The number of rotatable bonds is 5. The van der Waals surface area contributed by atoms with Gasteiger partial charge in [0, 0.05) is 30.5 Å². The molecule has 5 rings (SSSR count). The zero-order valence-electron chi connectivity index (χ0n) is 15.1. The van der Waals surface area contributed by atoms with Crippen molar-refractivity contribution >= 4 is 11.8 Å². The first kappa shape index (κ1) is 15.2. The lowest BCUT2D eigenvalue weighted by Crippen LogP contribution is -2.28. The lowest BCUT2D eigenvalue weighted by atomic mass is 9.99. The minimum atomic E-state index is 0.401. The molecule has 0 spiro atoms. The van der Waals surface area contributed by atoms with Gasteiger partial charge in [-0.05, 0) is 43.7 Å². The highest BCUT2D eigenvalue weighted by molar-refractivity contribution is 5.55. The number of benzene rings is 1. The van der Waals surface area contributed by atoms with Gasteiger partial charge >= 0.3 is 0 Å². The number of nitrogens with zero attached hydrogens (tertiary/aromatic N) is 3.